The minimum atomic E-state index is -0.788. The Morgan fingerprint density at radius 2 is 1.69 bits per heavy atom. The molecule has 1 heterocycles. The molecule has 0 radical (unpaired) electrons. The van der Waals surface area contributed by atoms with Crippen molar-refractivity contribution in [3.63, 3.8) is 0 Å². The van der Waals surface area contributed by atoms with Crippen LogP contribution >= 0.6 is 15.9 Å². The van der Waals surface area contributed by atoms with E-state index < -0.39 is 5.41 Å². The van der Waals surface area contributed by atoms with Crippen molar-refractivity contribution in [3.8, 4) is 0 Å². The summed E-state index contributed by atoms with van der Waals surface area (Å²) in [6.45, 7) is 4.52. The van der Waals surface area contributed by atoms with Gasteiger partial charge in [-0.2, -0.15) is 0 Å². The van der Waals surface area contributed by atoms with Crippen molar-refractivity contribution < 1.29 is 9.59 Å². The van der Waals surface area contributed by atoms with Gasteiger partial charge in [-0.05, 0) is 47.2 Å². The Labute approximate surface area is 196 Å². The van der Waals surface area contributed by atoms with E-state index in [-0.39, 0.29) is 23.7 Å². The number of carbonyl (C=O) groups is 2. The normalized spacial score (nSPS) is 26.3. The third-order valence-electron chi connectivity index (χ3n) is 7.14. The highest BCUT2D eigenvalue weighted by Gasteiger charge is 2.63. The third kappa shape index (κ3) is 3.08. The average molecular weight is 486 g/mol. The fraction of sp³-hybridized carbons (Fsp3) is 0.214. The average Bonchev–Trinajstić information content (AvgIpc) is 3.29. The number of hydrogen-bond donors (Lipinski definition) is 0. The fourth-order valence-corrected chi connectivity index (χ4v) is 6.04. The van der Waals surface area contributed by atoms with Crippen LogP contribution in [0.15, 0.2) is 96.0 Å². The molecule has 32 heavy (non-hydrogen) atoms. The zero-order valence-corrected chi connectivity index (χ0v) is 19.2. The van der Waals surface area contributed by atoms with Gasteiger partial charge in [0.15, 0.2) is 0 Å². The van der Waals surface area contributed by atoms with Gasteiger partial charge in [0.2, 0.25) is 5.91 Å². The molecule has 3 aromatic carbocycles. The van der Waals surface area contributed by atoms with E-state index in [0.29, 0.717) is 13.0 Å². The molecule has 0 unspecified atom stereocenters. The van der Waals surface area contributed by atoms with Gasteiger partial charge in [-0.1, -0.05) is 82.7 Å². The zero-order chi connectivity index (χ0) is 22.3. The summed E-state index contributed by atoms with van der Waals surface area (Å²) in [5, 5.41) is 0. The molecule has 3 aromatic rings. The molecule has 1 aliphatic heterocycles. The second-order valence-corrected chi connectivity index (χ2v) is 9.63. The minimum absolute atomic E-state index is 0.0603. The van der Waals surface area contributed by atoms with Gasteiger partial charge in [-0.25, -0.2) is 0 Å². The highest BCUT2D eigenvalue weighted by molar-refractivity contribution is 9.10. The quantitative estimate of drug-likeness (QED) is 0.326. The zero-order valence-electron chi connectivity index (χ0n) is 17.7. The highest BCUT2D eigenvalue weighted by atomic mass is 79.9. The van der Waals surface area contributed by atoms with Crippen molar-refractivity contribution in [3.05, 3.63) is 113 Å². The van der Waals surface area contributed by atoms with E-state index in [2.05, 4.69) is 28.6 Å². The highest BCUT2D eigenvalue weighted by Crippen LogP contribution is 2.62. The molecule has 4 atom stereocenters. The SMILES string of the molecule is C=C[C@H]1C[C@@]2(C(=O)N(Cc3ccccc3)c3ccccc32)[C@H](c2ccc(Br)cc2)[C@H]1C=O. The van der Waals surface area contributed by atoms with Crippen LogP contribution in [0.3, 0.4) is 0 Å². The van der Waals surface area contributed by atoms with Gasteiger partial charge in [0, 0.05) is 22.0 Å². The molecule has 1 spiro atoms. The largest absolute Gasteiger partial charge is 0.307 e. The van der Waals surface area contributed by atoms with Crippen LogP contribution in [0.1, 0.15) is 29.0 Å². The Balaban J connectivity index is 1.70. The number of hydrogen-bond acceptors (Lipinski definition) is 2. The van der Waals surface area contributed by atoms with Crippen molar-refractivity contribution >= 4 is 33.8 Å². The summed E-state index contributed by atoms with van der Waals surface area (Å²) in [6.07, 6.45) is 3.47. The van der Waals surface area contributed by atoms with Crippen LogP contribution in [0.2, 0.25) is 0 Å². The van der Waals surface area contributed by atoms with Crippen molar-refractivity contribution in [1.82, 2.24) is 0 Å². The molecule has 5 rings (SSSR count). The van der Waals surface area contributed by atoms with Crippen molar-refractivity contribution in [2.75, 3.05) is 4.90 Å². The molecule has 2 aliphatic rings. The summed E-state index contributed by atoms with van der Waals surface area (Å²) in [5.41, 5.74) is 3.27. The maximum absolute atomic E-state index is 14.3. The van der Waals surface area contributed by atoms with Crippen molar-refractivity contribution in [2.45, 2.75) is 24.3 Å². The number of rotatable bonds is 5. The Hall–Kier alpha value is -2.98. The Bertz CT molecular complexity index is 1170. The van der Waals surface area contributed by atoms with E-state index >= 15 is 0 Å². The van der Waals surface area contributed by atoms with E-state index in [1.807, 2.05) is 83.8 Å². The molecular weight excluding hydrogens is 462 g/mol. The molecule has 3 nitrogen and oxygen atoms in total. The summed E-state index contributed by atoms with van der Waals surface area (Å²) in [7, 11) is 0. The molecular formula is C28H24BrNO2. The van der Waals surface area contributed by atoms with Crippen LogP contribution < -0.4 is 4.90 Å². The fourth-order valence-electron chi connectivity index (χ4n) is 5.78. The topological polar surface area (TPSA) is 37.4 Å². The molecule has 1 saturated carbocycles. The number of anilines is 1. The first-order valence-electron chi connectivity index (χ1n) is 10.9. The standard InChI is InChI=1S/C28H24BrNO2/c1-2-20-16-28(26(23(20)18-31)21-12-14-22(29)15-13-21)24-10-6-7-11-25(24)30(27(28)32)17-19-8-4-3-5-9-19/h2-15,18,20,23,26H,1,16-17H2/t20-,23-,26+,28-/m0/s1. The smallest absolute Gasteiger partial charge is 0.238 e. The second kappa shape index (κ2) is 8.18. The predicted octanol–water partition coefficient (Wildman–Crippen LogP) is 6.04. The first-order valence-corrected chi connectivity index (χ1v) is 11.7. The maximum atomic E-state index is 14.3. The van der Waals surface area contributed by atoms with Gasteiger partial charge >= 0.3 is 0 Å². The maximum Gasteiger partial charge on any atom is 0.238 e. The summed E-state index contributed by atoms with van der Waals surface area (Å²) >= 11 is 3.51. The first-order chi connectivity index (χ1) is 15.6. The number of fused-ring (bicyclic) bond motifs is 2. The lowest BCUT2D eigenvalue weighted by Crippen LogP contribution is -2.43. The van der Waals surface area contributed by atoms with Gasteiger partial charge in [-0.15, -0.1) is 6.58 Å². The van der Waals surface area contributed by atoms with Crippen LogP contribution in [0.25, 0.3) is 0 Å². The van der Waals surface area contributed by atoms with E-state index in [1.54, 1.807) is 0 Å². The molecule has 0 aromatic heterocycles. The van der Waals surface area contributed by atoms with Crippen LogP contribution in [-0.2, 0) is 21.5 Å². The van der Waals surface area contributed by atoms with Gasteiger partial charge < -0.3 is 9.69 Å². The van der Waals surface area contributed by atoms with E-state index in [1.165, 1.54) is 0 Å². The summed E-state index contributed by atoms with van der Waals surface area (Å²) < 4.78 is 0.972. The number of halogens is 1. The summed E-state index contributed by atoms with van der Waals surface area (Å²) in [4.78, 5) is 28.6. The lowest BCUT2D eigenvalue weighted by molar-refractivity contribution is -0.124. The Morgan fingerprint density at radius 1 is 1.00 bits per heavy atom. The summed E-state index contributed by atoms with van der Waals surface area (Å²) in [6, 6.07) is 26.2. The number of nitrogens with zero attached hydrogens (tertiary/aromatic N) is 1. The van der Waals surface area contributed by atoms with Crippen LogP contribution in [0.5, 0.6) is 0 Å². The molecule has 1 aliphatic carbocycles. The number of benzene rings is 3. The molecule has 1 fully saturated rings. The number of para-hydroxylation sites is 1. The molecule has 0 bridgehead atoms. The van der Waals surface area contributed by atoms with Crippen LogP contribution in [0, 0.1) is 11.8 Å². The number of carbonyl (C=O) groups excluding carboxylic acids is 2. The Morgan fingerprint density at radius 3 is 2.38 bits per heavy atom. The molecule has 0 saturated heterocycles. The predicted molar refractivity (Wildman–Crippen MR) is 130 cm³/mol. The number of allylic oxidation sites excluding steroid dienone is 1. The second-order valence-electron chi connectivity index (χ2n) is 8.71. The van der Waals surface area contributed by atoms with Crippen molar-refractivity contribution in [2.24, 2.45) is 11.8 Å². The molecule has 4 heteroatoms. The van der Waals surface area contributed by atoms with Gasteiger partial charge in [-0.3, -0.25) is 4.79 Å². The third-order valence-corrected chi connectivity index (χ3v) is 7.67. The molecule has 0 N–H and O–H groups in total. The minimum Gasteiger partial charge on any atom is -0.307 e. The van der Waals surface area contributed by atoms with E-state index in [4.69, 9.17) is 0 Å². The summed E-state index contributed by atoms with van der Waals surface area (Å²) in [5.74, 6) is -0.533. The van der Waals surface area contributed by atoms with Gasteiger partial charge in [0.05, 0.1) is 12.0 Å². The first kappa shape index (κ1) is 20.9. The van der Waals surface area contributed by atoms with Crippen LogP contribution in [-0.4, -0.2) is 12.2 Å². The number of aldehydes is 1. The van der Waals surface area contributed by atoms with Crippen molar-refractivity contribution in [1.29, 1.82) is 0 Å². The lowest BCUT2D eigenvalue weighted by Gasteiger charge is -2.32. The number of amides is 1. The Kier molecular flexibility index (Phi) is 5.34. The lowest BCUT2D eigenvalue weighted by atomic mass is 9.68. The molecule has 1 amide bonds. The monoisotopic (exact) mass is 485 g/mol. The van der Waals surface area contributed by atoms with E-state index in [9.17, 15) is 9.59 Å². The van der Waals surface area contributed by atoms with Gasteiger partial charge in [0.25, 0.3) is 0 Å². The van der Waals surface area contributed by atoms with E-state index in [0.717, 1.165) is 33.1 Å². The van der Waals surface area contributed by atoms with Gasteiger partial charge in [0.1, 0.15) is 6.29 Å². The molecule has 160 valence electrons. The van der Waals surface area contributed by atoms with Crippen LogP contribution in [0.4, 0.5) is 5.69 Å².